The molecule has 0 aromatic heterocycles. The number of aliphatic hydroxyl groups excluding tert-OH is 3. The Morgan fingerprint density at radius 3 is 2.09 bits per heavy atom. The monoisotopic (exact) mass is 170 g/mol. The van der Waals surface area contributed by atoms with Crippen LogP contribution in [0.1, 0.15) is 0 Å². The van der Waals surface area contributed by atoms with E-state index in [2.05, 4.69) is 4.74 Å². The van der Waals surface area contributed by atoms with Crippen LogP contribution in [0.4, 0.5) is 8.78 Å². The fraction of sp³-hybridized carbons (Fsp3) is 1.00. The van der Waals surface area contributed by atoms with Crippen molar-refractivity contribution >= 4 is 0 Å². The van der Waals surface area contributed by atoms with Crippen LogP contribution in [0, 0.1) is 0 Å². The largest absolute Gasteiger partial charge is 0.394 e. The Hall–Kier alpha value is -0.300. The summed E-state index contributed by atoms with van der Waals surface area (Å²) >= 11 is 0. The Bertz CT molecular complexity index is 151. The van der Waals surface area contributed by atoms with Gasteiger partial charge < -0.3 is 20.1 Å². The zero-order valence-corrected chi connectivity index (χ0v) is 5.44. The van der Waals surface area contributed by atoms with E-state index in [4.69, 9.17) is 15.3 Å². The number of rotatable bonds is 1. The summed E-state index contributed by atoms with van der Waals surface area (Å²) in [4.78, 5) is 0. The van der Waals surface area contributed by atoms with Crippen molar-refractivity contribution in [2.45, 2.75) is 24.4 Å². The fourth-order valence-electron chi connectivity index (χ4n) is 0.868. The lowest BCUT2D eigenvalue weighted by Crippen LogP contribution is -2.40. The van der Waals surface area contributed by atoms with Gasteiger partial charge in [0.15, 0.2) is 6.10 Å². The molecule has 0 spiro atoms. The van der Waals surface area contributed by atoms with Crippen LogP contribution in [0.5, 0.6) is 0 Å². The maximum absolute atomic E-state index is 12.4. The van der Waals surface area contributed by atoms with Crippen LogP contribution < -0.4 is 0 Å². The van der Waals surface area contributed by atoms with Crippen molar-refractivity contribution in [1.29, 1.82) is 0 Å². The minimum absolute atomic E-state index is 0.742. The molecule has 11 heavy (non-hydrogen) atoms. The third-order valence-electron chi connectivity index (χ3n) is 1.56. The molecule has 0 saturated carbocycles. The number of hydrogen-bond acceptors (Lipinski definition) is 4. The minimum Gasteiger partial charge on any atom is -0.394 e. The van der Waals surface area contributed by atoms with Crippen LogP contribution in [0.15, 0.2) is 0 Å². The second-order valence-electron chi connectivity index (χ2n) is 2.33. The van der Waals surface area contributed by atoms with Gasteiger partial charge in [-0.25, -0.2) is 0 Å². The van der Waals surface area contributed by atoms with Gasteiger partial charge in [0.2, 0.25) is 6.29 Å². The van der Waals surface area contributed by atoms with Crippen LogP contribution in [0.25, 0.3) is 0 Å². The van der Waals surface area contributed by atoms with Crippen molar-refractivity contribution in [3.63, 3.8) is 0 Å². The molecule has 1 heterocycles. The quantitative estimate of drug-likeness (QED) is 0.457. The lowest BCUT2D eigenvalue weighted by atomic mass is 10.1. The summed E-state index contributed by atoms with van der Waals surface area (Å²) in [5.41, 5.74) is 0. The summed E-state index contributed by atoms with van der Waals surface area (Å²) in [6, 6.07) is 0. The smallest absolute Gasteiger partial charge is 0.325 e. The highest BCUT2D eigenvalue weighted by Crippen LogP contribution is 2.34. The van der Waals surface area contributed by atoms with Crippen molar-refractivity contribution < 1.29 is 28.8 Å². The van der Waals surface area contributed by atoms with E-state index < -0.39 is 31.0 Å². The van der Waals surface area contributed by atoms with Crippen LogP contribution in [0.2, 0.25) is 0 Å². The molecule has 0 aromatic rings. The Kier molecular flexibility index (Phi) is 2.10. The highest BCUT2D eigenvalue weighted by atomic mass is 19.3. The molecule has 0 aromatic carbocycles. The summed E-state index contributed by atoms with van der Waals surface area (Å²) in [6.07, 6.45) is -5.86. The lowest BCUT2D eigenvalue weighted by molar-refractivity contribution is -0.198. The highest BCUT2D eigenvalue weighted by molar-refractivity contribution is 4.92. The average Bonchev–Trinajstić information content (AvgIpc) is 2.14. The van der Waals surface area contributed by atoms with Crippen molar-refractivity contribution in [2.75, 3.05) is 6.61 Å². The first kappa shape index (κ1) is 8.79. The summed E-state index contributed by atoms with van der Waals surface area (Å²) in [6.45, 7) is -0.742. The molecule has 4 nitrogen and oxygen atoms in total. The molecule has 0 bridgehead atoms. The number of alkyl halides is 2. The third kappa shape index (κ3) is 1.22. The van der Waals surface area contributed by atoms with Crippen LogP contribution in [-0.2, 0) is 4.74 Å². The number of ether oxygens (including phenoxy) is 1. The van der Waals surface area contributed by atoms with Crippen LogP contribution >= 0.6 is 0 Å². The maximum Gasteiger partial charge on any atom is 0.325 e. The molecule has 66 valence electrons. The van der Waals surface area contributed by atoms with Crippen molar-refractivity contribution in [2.24, 2.45) is 0 Å². The summed E-state index contributed by atoms with van der Waals surface area (Å²) in [5.74, 6) is -3.69. The predicted molar refractivity (Wildman–Crippen MR) is 28.9 cm³/mol. The highest BCUT2D eigenvalue weighted by Gasteiger charge is 2.57. The van der Waals surface area contributed by atoms with Crippen LogP contribution in [0.3, 0.4) is 0 Å². The van der Waals surface area contributed by atoms with Gasteiger partial charge in [0.05, 0.1) is 6.61 Å². The molecule has 1 saturated heterocycles. The van der Waals surface area contributed by atoms with E-state index in [9.17, 15) is 8.78 Å². The normalized spacial score (nSPS) is 42.8. The van der Waals surface area contributed by atoms with Gasteiger partial charge in [-0.15, -0.1) is 0 Å². The summed E-state index contributed by atoms with van der Waals surface area (Å²) < 4.78 is 29.0. The van der Waals surface area contributed by atoms with Gasteiger partial charge in [-0.1, -0.05) is 0 Å². The van der Waals surface area contributed by atoms with Crippen LogP contribution in [-0.4, -0.2) is 46.3 Å². The second kappa shape index (κ2) is 2.63. The Labute approximate surface area is 61.0 Å². The lowest BCUT2D eigenvalue weighted by Gasteiger charge is -2.14. The van der Waals surface area contributed by atoms with Gasteiger partial charge in [-0.05, 0) is 0 Å². The molecular formula is C5H8F2O4. The van der Waals surface area contributed by atoms with Crippen molar-refractivity contribution in [3.05, 3.63) is 0 Å². The first-order chi connectivity index (χ1) is 5.00. The fourth-order valence-corrected chi connectivity index (χ4v) is 0.868. The molecular weight excluding hydrogens is 162 g/mol. The van der Waals surface area contributed by atoms with Gasteiger partial charge >= 0.3 is 5.92 Å². The molecule has 3 N–H and O–H groups in total. The van der Waals surface area contributed by atoms with E-state index in [1.807, 2.05) is 0 Å². The summed E-state index contributed by atoms with van der Waals surface area (Å²) in [5, 5.41) is 25.5. The van der Waals surface area contributed by atoms with E-state index in [0.29, 0.717) is 0 Å². The number of halogens is 2. The van der Waals surface area contributed by atoms with E-state index in [-0.39, 0.29) is 0 Å². The topological polar surface area (TPSA) is 69.9 Å². The van der Waals surface area contributed by atoms with E-state index in [0.717, 1.165) is 0 Å². The first-order valence-corrected chi connectivity index (χ1v) is 3.00. The average molecular weight is 170 g/mol. The molecule has 1 aliphatic rings. The van der Waals surface area contributed by atoms with Gasteiger partial charge in [-0.3, -0.25) is 0 Å². The standard InChI is InChI=1S/C5H8F2O4/c6-5(7)3(9)2(1-8)11-4(5)10/h2-4,8-10H,1H2/t2-,3-,4-/m1/s1. The van der Waals surface area contributed by atoms with Gasteiger partial charge in [0.1, 0.15) is 6.10 Å². The SMILES string of the molecule is OC[C@H]1O[C@@H](O)C(F)(F)[C@@H]1O. The van der Waals surface area contributed by atoms with Gasteiger partial charge in [-0.2, -0.15) is 8.78 Å². The summed E-state index contributed by atoms with van der Waals surface area (Å²) in [7, 11) is 0. The molecule has 6 heteroatoms. The third-order valence-corrected chi connectivity index (χ3v) is 1.56. The van der Waals surface area contributed by atoms with Crippen molar-refractivity contribution in [3.8, 4) is 0 Å². The molecule has 1 rings (SSSR count). The molecule has 1 aliphatic heterocycles. The maximum atomic E-state index is 12.4. The number of aliphatic hydroxyl groups is 3. The zero-order valence-electron chi connectivity index (χ0n) is 5.44. The second-order valence-corrected chi connectivity index (χ2v) is 2.33. The number of hydrogen-bond donors (Lipinski definition) is 3. The molecule has 0 amide bonds. The Morgan fingerprint density at radius 2 is 1.91 bits per heavy atom. The predicted octanol–water partition coefficient (Wildman–Crippen LogP) is -1.31. The zero-order chi connectivity index (χ0) is 8.65. The molecule has 1 fully saturated rings. The molecule has 3 atom stereocenters. The first-order valence-electron chi connectivity index (χ1n) is 3.00. The molecule has 0 aliphatic carbocycles. The minimum atomic E-state index is -3.69. The van der Waals surface area contributed by atoms with Gasteiger partial charge in [0, 0.05) is 0 Å². The molecule has 0 radical (unpaired) electrons. The van der Waals surface area contributed by atoms with E-state index in [1.165, 1.54) is 0 Å². The molecule has 0 unspecified atom stereocenters. The van der Waals surface area contributed by atoms with Gasteiger partial charge in [0.25, 0.3) is 0 Å². The Balaban J connectivity index is 2.71. The van der Waals surface area contributed by atoms with Crippen molar-refractivity contribution in [1.82, 2.24) is 0 Å². The van der Waals surface area contributed by atoms with E-state index in [1.54, 1.807) is 0 Å². The Morgan fingerprint density at radius 1 is 1.36 bits per heavy atom. The van der Waals surface area contributed by atoms with E-state index >= 15 is 0 Å².